The number of nitrogens with two attached hydrogens (primary N) is 1. The first-order valence-electron chi connectivity index (χ1n) is 5.53. The summed E-state index contributed by atoms with van der Waals surface area (Å²) in [5.74, 6) is 3.14. The summed E-state index contributed by atoms with van der Waals surface area (Å²) >= 11 is 1.83. The molecule has 0 radical (unpaired) electrons. The number of aromatic nitrogens is 4. The minimum atomic E-state index is 0.610. The van der Waals surface area contributed by atoms with Crippen LogP contribution in [0.4, 0.5) is 5.82 Å². The number of aryl methyl sites for hydroxylation is 1. The SMILES string of the molecule is CCn1cncc1-c1nc(N)c2c(n1)CSC2. The van der Waals surface area contributed by atoms with Gasteiger partial charge >= 0.3 is 0 Å². The molecule has 17 heavy (non-hydrogen) atoms. The number of nitrogen functional groups attached to an aromatic ring is 1. The molecule has 0 aromatic carbocycles. The minimum Gasteiger partial charge on any atom is -0.383 e. The van der Waals surface area contributed by atoms with Crippen molar-refractivity contribution in [1.29, 1.82) is 0 Å². The number of imidazole rings is 1. The van der Waals surface area contributed by atoms with Crippen LogP contribution in [-0.2, 0) is 18.1 Å². The average Bonchev–Trinajstić information content (AvgIpc) is 2.96. The van der Waals surface area contributed by atoms with Gasteiger partial charge in [0, 0.05) is 23.6 Å². The fourth-order valence-corrected chi connectivity index (χ4v) is 3.00. The molecule has 2 aromatic rings. The standard InChI is InChI=1S/C11H13N5S/c1-2-16-6-13-3-9(16)11-14-8-5-17-4-7(8)10(12)15-11/h3,6H,2,4-5H2,1H3,(H2,12,14,15). The summed E-state index contributed by atoms with van der Waals surface area (Å²) in [6.45, 7) is 2.92. The van der Waals surface area contributed by atoms with Gasteiger partial charge in [0.15, 0.2) is 5.82 Å². The van der Waals surface area contributed by atoms with E-state index in [9.17, 15) is 0 Å². The van der Waals surface area contributed by atoms with Gasteiger partial charge in [0.2, 0.25) is 0 Å². The molecule has 0 atom stereocenters. The van der Waals surface area contributed by atoms with Crippen LogP contribution < -0.4 is 5.73 Å². The van der Waals surface area contributed by atoms with Gasteiger partial charge in [0.1, 0.15) is 11.5 Å². The Bertz CT molecular complexity index is 563. The second kappa shape index (κ2) is 4.03. The van der Waals surface area contributed by atoms with Gasteiger partial charge in [0.05, 0.1) is 18.2 Å². The fraction of sp³-hybridized carbons (Fsp3) is 0.364. The van der Waals surface area contributed by atoms with Crippen molar-refractivity contribution in [3.05, 3.63) is 23.8 Å². The quantitative estimate of drug-likeness (QED) is 0.874. The van der Waals surface area contributed by atoms with Gasteiger partial charge in [-0.1, -0.05) is 0 Å². The molecule has 0 unspecified atom stereocenters. The molecule has 6 heteroatoms. The van der Waals surface area contributed by atoms with E-state index in [1.54, 1.807) is 12.5 Å². The second-order valence-corrected chi connectivity index (χ2v) is 4.90. The summed E-state index contributed by atoms with van der Waals surface area (Å²) < 4.78 is 2.02. The van der Waals surface area contributed by atoms with E-state index in [0.717, 1.165) is 35.0 Å². The van der Waals surface area contributed by atoms with Gasteiger partial charge in [-0.3, -0.25) is 0 Å². The van der Waals surface area contributed by atoms with Crippen molar-refractivity contribution in [3.8, 4) is 11.5 Å². The van der Waals surface area contributed by atoms with Crippen molar-refractivity contribution in [2.75, 3.05) is 5.73 Å². The zero-order valence-electron chi connectivity index (χ0n) is 9.55. The van der Waals surface area contributed by atoms with Crippen LogP contribution in [0.25, 0.3) is 11.5 Å². The van der Waals surface area contributed by atoms with Crippen LogP contribution >= 0.6 is 11.8 Å². The Morgan fingerprint density at radius 1 is 1.41 bits per heavy atom. The van der Waals surface area contributed by atoms with Gasteiger partial charge in [-0.05, 0) is 6.92 Å². The predicted octanol–water partition coefficient (Wildman–Crippen LogP) is 1.69. The van der Waals surface area contributed by atoms with Crippen molar-refractivity contribution in [2.45, 2.75) is 25.0 Å². The van der Waals surface area contributed by atoms with E-state index < -0.39 is 0 Å². The van der Waals surface area contributed by atoms with Crippen molar-refractivity contribution >= 4 is 17.6 Å². The van der Waals surface area contributed by atoms with E-state index in [-0.39, 0.29) is 0 Å². The molecular formula is C11H13N5S. The van der Waals surface area contributed by atoms with Crippen molar-refractivity contribution in [1.82, 2.24) is 19.5 Å². The lowest BCUT2D eigenvalue weighted by atomic mass is 10.2. The normalized spacial score (nSPS) is 13.9. The maximum absolute atomic E-state index is 5.98. The largest absolute Gasteiger partial charge is 0.383 e. The van der Waals surface area contributed by atoms with Gasteiger partial charge < -0.3 is 10.3 Å². The number of nitrogens with zero attached hydrogens (tertiary/aromatic N) is 4. The minimum absolute atomic E-state index is 0.610. The van der Waals surface area contributed by atoms with E-state index in [2.05, 4.69) is 21.9 Å². The highest BCUT2D eigenvalue weighted by Gasteiger charge is 2.19. The number of hydrogen-bond donors (Lipinski definition) is 1. The number of anilines is 1. The Kier molecular flexibility index (Phi) is 2.51. The van der Waals surface area contributed by atoms with Gasteiger partial charge in [-0.25, -0.2) is 15.0 Å². The number of rotatable bonds is 2. The monoisotopic (exact) mass is 247 g/mol. The molecular weight excluding hydrogens is 234 g/mol. The van der Waals surface area contributed by atoms with Gasteiger partial charge in [-0.15, -0.1) is 0 Å². The third-order valence-electron chi connectivity index (χ3n) is 2.89. The van der Waals surface area contributed by atoms with Crippen LogP contribution in [0.3, 0.4) is 0 Å². The summed E-state index contributed by atoms with van der Waals surface area (Å²) in [5.41, 5.74) is 9.07. The third-order valence-corrected chi connectivity index (χ3v) is 3.86. The molecule has 0 spiro atoms. The van der Waals surface area contributed by atoms with Crippen LogP contribution in [0.5, 0.6) is 0 Å². The molecule has 0 saturated carbocycles. The van der Waals surface area contributed by atoms with Crippen LogP contribution in [0.2, 0.25) is 0 Å². The lowest BCUT2D eigenvalue weighted by Gasteiger charge is -2.07. The topological polar surface area (TPSA) is 69.6 Å². The van der Waals surface area contributed by atoms with Crippen LogP contribution in [0.15, 0.2) is 12.5 Å². The Labute approximate surface area is 103 Å². The van der Waals surface area contributed by atoms with Crippen molar-refractivity contribution in [2.24, 2.45) is 0 Å². The summed E-state index contributed by atoms with van der Waals surface area (Å²) in [6, 6.07) is 0. The Morgan fingerprint density at radius 3 is 3.12 bits per heavy atom. The predicted molar refractivity (Wildman–Crippen MR) is 68.3 cm³/mol. The highest BCUT2D eigenvalue weighted by molar-refractivity contribution is 7.98. The Hall–Kier alpha value is -1.56. The molecule has 2 N–H and O–H groups in total. The first-order valence-corrected chi connectivity index (χ1v) is 6.68. The molecule has 0 saturated heterocycles. The molecule has 3 heterocycles. The Morgan fingerprint density at radius 2 is 2.29 bits per heavy atom. The van der Waals surface area contributed by atoms with Crippen LogP contribution in [-0.4, -0.2) is 19.5 Å². The molecule has 88 valence electrons. The van der Waals surface area contributed by atoms with Gasteiger partial charge in [0.25, 0.3) is 0 Å². The third kappa shape index (κ3) is 1.68. The molecule has 2 aromatic heterocycles. The lowest BCUT2D eigenvalue weighted by molar-refractivity contribution is 0.763. The average molecular weight is 247 g/mol. The lowest BCUT2D eigenvalue weighted by Crippen LogP contribution is -2.05. The maximum Gasteiger partial charge on any atom is 0.180 e. The second-order valence-electron chi connectivity index (χ2n) is 3.92. The molecule has 1 aliphatic heterocycles. The first-order chi connectivity index (χ1) is 8.29. The number of hydrogen-bond acceptors (Lipinski definition) is 5. The highest BCUT2D eigenvalue weighted by Crippen LogP contribution is 2.32. The first kappa shape index (κ1) is 10.6. The van der Waals surface area contributed by atoms with Crippen molar-refractivity contribution < 1.29 is 0 Å². The highest BCUT2D eigenvalue weighted by atomic mass is 32.2. The smallest absolute Gasteiger partial charge is 0.180 e. The number of thioether (sulfide) groups is 1. The van der Waals surface area contributed by atoms with E-state index in [4.69, 9.17) is 5.73 Å². The maximum atomic E-state index is 5.98. The number of fused-ring (bicyclic) bond motifs is 1. The molecule has 1 aliphatic rings. The Balaban J connectivity index is 2.13. The molecule has 5 nitrogen and oxygen atoms in total. The zero-order valence-corrected chi connectivity index (χ0v) is 10.4. The van der Waals surface area contributed by atoms with E-state index in [0.29, 0.717) is 11.6 Å². The molecule has 0 amide bonds. The van der Waals surface area contributed by atoms with Gasteiger partial charge in [-0.2, -0.15) is 11.8 Å². The fourth-order valence-electron chi connectivity index (χ4n) is 1.95. The molecule has 3 rings (SSSR count). The summed E-state index contributed by atoms with van der Waals surface area (Å²) in [4.78, 5) is 13.1. The van der Waals surface area contributed by atoms with E-state index in [1.807, 2.05) is 16.3 Å². The molecule has 0 fully saturated rings. The van der Waals surface area contributed by atoms with Crippen molar-refractivity contribution in [3.63, 3.8) is 0 Å². The van der Waals surface area contributed by atoms with E-state index in [1.165, 1.54) is 0 Å². The summed E-state index contributed by atoms with van der Waals surface area (Å²) in [6.07, 6.45) is 3.57. The molecule has 0 bridgehead atoms. The van der Waals surface area contributed by atoms with E-state index >= 15 is 0 Å². The summed E-state index contributed by atoms with van der Waals surface area (Å²) in [7, 11) is 0. The molecule has 0 aliphatic carbocycles. The summed E-state index contributed by atoms with van der Waals surface area (Å²) in [5, 5.41) is 0. The van der Waals surface area contributed by atoms with Crippen LogP contribution in [0, 0.1) is 0 Å². The van der Waals surface area contributed by atoms with Crippen LogP contribution in [0.1, 0.15) is 18.2 Å². The zero-order chi connectivity index (χ0) is 11.8.